The van der Waals surface area contributed by atoms with Crippen LogP contribution in [0.15, 0.2) is 152 Å². The van der Waals surface area contributed by atoms with E-state index in [9.17, 15) is 0 Å². The van der Waals surface area contributed by atoms with Crippen LogP contribution >= 0.6 is 11.3 Å². The Hall–Kier alpha value is -5.84. The van der Waals surface area contributed by atoms with Crippen molar-refractivity contribution in [3.63, 3.8) is 0 Å². The largest absolute Gasteiger partial charge is 0.293 e. The summed E-state index contributed by atoms with van der Waals surface area (Å²) in [4.78, 5) is 10.8. The van der Waals surface area contributed by atoms with Crippen LogP contribution < -0.4 is 0 Å². The summed E-state index contributed by atoms with van der Waals surface area (Å²) in [6, 6.07) is 48.7. The Bertz CT molecular complexity index is 2970. The Labute approximate surface area is 299 Å². The van der Waals surface area contributed by atoms with Crippen molar-refractivity contribution >= 4 is 69.8 Å². The van der Waals surface area contributed by atoms with Gasteiger partial charge in [0.1, 0.15) is 5.82 Å². The summed E-state index contributed by atoms with van der Waals surface area (Å²) in [6.07, 6.45) is 6.86. The molecule has 0 saturated heterocycles. The minimum absolute atomic E-state index is 0.0164. The van der Waals surface area contributed by atoms with E-state index in [4.69, 9.17) is 9.97 Å². The maximum absolute atomic E-state index is 5.54. The van der Waals surface area contributed by atoms with Gasteiger partial charge in [-0.1, -0.05) is 117 Å². The Morgan fingerprint density at radius 1 is 0.608 bits per heavy atom. The second-order valence-electron chi connectivity index (χ2n) is 14.6. The summed E-state index contributed by atoms with van der Waals surface area (Å²) in [5.41, 5.74) is 9.68. The highest BCUT2D eigenvalue weighted by atomic mass is 32.1. The maximum Gasteiger partial charge on any atom is 0.158 e. The summed E-state index contributed by atoms with van der Waals surface area (Å²) in [6.45, 7) is 4.76. The minimum atomic E-state index is 0.0164. The quantitative estimate of drug-likeness (QED) is 0.187. The first-order valence-electron chi connectivity index (χ1n) is 17.7. The zero-order valence-electron chi connectivity index (χ0n) is 28.3. The molecule has 9 aromatic rings. The van der Waals surface area contributed by atoms with Gasteiger partial charge in [0.15, 0.2) is 5.82 Å². The maximum atomic E-state index is 5.54. The molecule has 0 amide bonds. The van der Waals surface area contributed by atoms with Gasteiger partial charge in [-0.3, -0.25) is 4.57 Å². The van der Waals surface area contributed by atoms with Crippen LogP contribution in [0.5, 0.6) is 0 Å². The average molecular weight is 672 g/mol. The molecule has 3 nitrogen and oxygen atoms in total. The molecule has 0 fully saturated rings. The number of para-hydroxylation sites is 2. The second-order valence-corrected chi connectivity index (χ2v) is 15.7. The number of benzene rings is 6. The fourth-order valence-corrected chi connectivity index (χ4v) is 10.2. The first-order valence-corrected chi connectivity index (χ1v) is 18.6. The first-order chi connectivity index (χ1) is 25.0. The summed E-state index contributed by atoms with van der Waals surface area (Å²) in [5.74, 6) is 2.26. The lowest BCUT2D eigenvalue weighted by molar-refractivity contribution is 0.398. The third kappa shape index (κ3) is 4.11. The Kier molecular flexibility index (Phi) is 6.01. The molecule has 2 atom stereocenters. The molecule has 0 saturated carbocycles. The van der Waals surface area contributed by atoms with Crippen LogP contribution in [-0.4, -0.2) is 14.5 Å². The molecule has 2 aliphatic rings. The molecule has 2 aliphatic carbocycles. The summed E-state index contributed by atoms with van der Waals surface area (Å²) >= 11 is 1.86. The van der Waals surface area contributed by atoms with Gasteiger partial charge in [0.05, 0.1) is 16.6 Å². The number of aromatic nitrogens is 3. The van der Waals surface area contributed by atoms with Crippen LogP contribution in [0.3, 0.4) is 0 Å². The predicted octanol–water partition coefficient (Wildman–Crippen LogP) is 12.4. The molecule has 0 N–H and O–H groups in total. The molecule has 2 unspecified atom stereocenters. The molecule has 0 aliphatic heterocycles. The first kappa shape index (κ1) is 28.9. The molecule has 4 heteroatoms. The van der Waals surface area contributed by atoms with E-state index in [0.717, 1.165) is 33.6 Å². The van der Waals surface area contributed by atoms with Crippen molar-refractivity contribution in [3.8, 4) is 16.9 Å². The number of hydrogen-bond acceptors (Lipinski definition) is 3. The molecule has 3 heterocycles. The number of thiophene rings is 1. The van der Waals surface area contributed by atoms with Gasteiger partial charge in [-0.15, -0.1) is 11.3 Å². The van der Waals surface area contributed by atoms with Crippen LogP contribution in [-0.2, 0) is 5.41 Å². The van der Waals surface area contributed by atoms with Gasteiger partial charge < -0.3 is 0 Å². The minimum Gasteiger partial charge on any atom is -0.293 e. The zero-order chi connectivity index (χ0) is 33.8. The van der Waals surface area contributed by atoms with Crippen LogP contribution in [0.25, 0.3) is 75.4 Å². The molecule has 11 rings (SSSR count). The number of allylic oxidation sites excluding steroid dienone is 4. The highest BCUT2D eigenvalue weighted by molar-refractivity contribution is 7.25. The Morgan fingerprint density at radius 2 is 1.29 bits per heavy atom. The van der Waals surface area contributed by atoms with Gasteiger partial charge in [-0.2, -0.15) is 0 Å². The highest BCUT2D eigenvalue weighted by Gasteiger charge is 2.47. The summed E-state index contributed by atoms with van der Waals surface area (Å²) in [5, 5.41) is 6.11. The smallest absolute Gasteiger partial charge is 0.158 e. The van der Waals surface area contributed by atoms with E-state index in [-0.39, 0.29) is 11.3 Å². The van der Waals surface area contributed by atoms with Gasteiger partial charge in [-0.05, 0) is 82.1 Å². The van der Waals surface area contributed by atoms with Crippen molar-refractivity contribution < 1.29 is 0 Å². The fourth-order valence-electron chi connectivity index (χ4n) is 9.10. The number of hydrogen-bond donors (Lipinski definition) is 0. The molecule has 242 valence electrons. The van der Waals surface area contributed by atoms with Crippen molar-refractivity contribution in [2.24, 2.45) is 5.92 Å². The standard InChI is InChI=1S/C47H33N3S/c1-47(2)37-17-7-3-14-32(37)44-34(16-11-18-38(44)47)45-48-39-19-8-4-15-33(39)46(49-45)50-40-20-9-5-12-30(40)35-26-28(22-24-41(35)50)29-23-25-43-36(27-29)31-13-6-10-21-42(31)51-43/h3-27,38,44H,1-2H3. The third-order valence-electron chi connectivity index (χ3n) is 11.5. The zero-order valence-corrected chi connectivity index (χ0v) is 29.2. The lowest BCUT2D eigenvalue weighted by Gasteiger charge is -2.32. The molecule has 6 aromatic carbocycles. The summed E-state index contributed by atoms with van der Waals surface area (Å²) in [7, 11) is 0. The van der Waals surface area contributed by atoms with E-state index in [1.807, 2.05) is 11.3 Å². The number of fused-ring (bicyclic) bond motifs is 10. The highest BCUT2D eigenvalue weighted by Crippen LogP contribution is 2.57. The normalized spacial score (nSPS) is 17.8. The molecule has 0 spiro atoms. The molecule has 51 heavy (non-hydrogen) atoms. The Balaban J connectivity index is 1.12. The van der Waals surface area contributed by atoms with Crippen molar-refractivity contribution in [1.29, 1.82) is 0 Å². The second kappa shape index (κ2) is 10.6. The van der Waals surface area contributed by atoms with Crippen molar-refractivity contribution in [3.05, 3.63) is 169 Å². The van der Waals surface area contributed by atoms with Crippen LogP contribution in [0.4, 0.5) is 0 Å². The predicted molar refractivity (Wildman–Crippen MR) is 215 cm³/mol. The van der Waals surface area contributed by atoms with Gasteiger partial charge in [0, 0.05) is 47.8 Å². The van der Waals surface area contributed by atoms with Crippen LogP contribution in [0, 0.1) is 5.92 Å². The molecule has 0 bridgehead atoms. The van der Waals surface area contributed by atoms with Gasteiger partial charge in [0.2, 0.25) is 0 Å². The van der Waals surface area contributed by atoms with E-state index in [1.54, 1.807) is 0 Å². The van der Waals surface area contributed by atoms with Crippen molar-refractivity contribution in [2.75, 3.05) is 0 Å². The van der Waals surface area contributed by atoms with Gasteiger partial charge in [0.25, 0.3) is 0 Å². The SMILES string of the molecule is CC1(C)c2ccccc2C2C(c3nc(-n4c5ccccc5c5cc(-c6ccc7sc8ccccc8c7c6)ccc54)c4ccccc4n3)=CC=CC21. The lowest BCUT2D eigenvalue weighted by Crippen LogP contribution is -2.26. The number of rotatable bonds is 3. The van der Waals surface area contributed by atoms with Crippen molar-refractivity contribution in [2.45, 2.75) is 25.2 Å². The van der Waals surface area contributed by atoms with Gasteiger partial charge >= 0.3 is 0 Å². The van der Waals surface area contributed by atoms with E-state index in [0.29, 0.717) is 5.92 Å². The van der Waals surface area contributed by atoms with E-state index in [1.165, 1.54) is 58.8 Å². The monoisotopic (exact) mass is 671 g/mol. The average Bonchev–Trinajstić information content (AvgIpc) is 3.79. The van der Waals surface area contributed by atoms with Crippen LogP contribution in [0.1, 0.15) is 36.7 Å². The fraction of sp³-hybridized carbons (Fsp3) is 0.106. The molecular weight excluding hydrogens is 639 g/mol. The Morgan fingerprint density at radius 3 is 2.20 bits per heavy atom. The van der Waals surface area contributed by atoms with E-state index in [2.05, 4.69) is 170 Å². The van der Waals surface area contributed by atoms with E-state index >= 15 is 0 Å². The molecular formula is C47H33N3S. The molecule has 3 aromatic heterocycles. The van der Waals surface area contributed by atoms with Crippen LogP contribution in [0.2, 0.25) is 0 Å². The lowest BCUT2D eigenvalue weighted by atomic mass is 9.72. The third-order valence-corrected chi connectivity index (χ3v) is 12.7. The topological polar surface area (TPSA) is 30.7 Å². The van der Waals surface area contributed by atoms with E-state index < -0.39 is 0 Å². The summed E-state index contributed by atoms with van der Waals surface area (Å²) < 4.78 is 5.01. The molecule has 0 radical (unpaired) electrons. The van der Waals surface area contributed by atoms with Gasteiger partial charge in [-0.25, -0.2) is 9.97 Å². The number of nitrogens with zero attached hydrogens (tertiary/aromatic N) is 3. The van der Waals surface area contributed by atoms with Crippen molar-refractivity contribution in [1.82, 2.24) is 14.5 Å².